The van der Waals surface area contributed by atoms with Gasteiger partial charge in [-0.05, 0) is 49.3 Å². The summed E-state index contributed by atoms with van der Waals surface area (Å²) in [6.07, 6.45) is 2.22. The highest BCUT2D eigenvalue weighted by molar-refractivity contribution is 5.37. The van der Waals surface area contributed by atoms with Gasteiger partial charge in [-0.25, -0.2) is 0 Å². The molecule has 2 heteroatoms. The lowest BCUT2D eigenvalue weighted by Crippen LogP contribution is -2.35. The maximum atomic E-state index is 5.51. The van der Waals surface area contributed by atoms with Crippen molar-refractivity contribution < 1.29 is 4.74 Å². The fourth-order valence-electron chi connectivity index (χ4n) is 2.48. The number of nitrogens with one attached hydrogen (secondary N) is 1. The van der Waals surface area contributed by atoms with Crippen LogP contribution in [-0.2, 0) is 6.42 Å². The van der Waals surface area contributed by atoms with E-state index < -0.39 is 0 Å². The van der Waals surface area contributed by atoms with Crippen LogP contribution in [0.2, 0.25) is 0 Å². The first-order valence-corrected chi connectivity index (χ1v) is 7.74. The number of aryl methyl sites for hydroxylation is 1. The van der Waals surface area contributed by atoms with E-state index >= 15 is 0 Å². The third-order valence-corrected chi connectivity index (χ3v) is 4.01. The summed E-state index contributed by atoms with van der Waals surface area (Å²) in [5, 5.41) is 3.61. The predicted molar refractivity (Wildman–Crippen MR) is 87.5 cm³/mol. The van der Waals surface area contributed by atoms with Gasteiger partial charge in [-0.15, -0.1) is 0 Å². The van der Waals surface area contributed by atoms with Gasteiger partial charge < -0.3 is 10.1 Å². The summed E-state index contributed by atoms with van der Waals surface area (Å²) < 4.78 is 5.51. The SMILES string of the molecule is CCC(C)(CNCC(C)C)Cc1cc(C)ccc1OC. The Morgan fingerprint density at radius 3 is 2.55 bits per heavy atom. The molecule has 0 aliphatic rings. The number of ether oxygens (including phenoxy) is 1. The Morgan fingerprint density at radius 2 is 2.00 bits per heavy atom. The minimum atomic E-state index is 0.274. The van der Waals surface area contributed by atoms with E-state index in [-0.39, 0.29) is 5.41 Å². The monoisotopic (exact) mass is 277 g/mol. The highest BCUT2D eigenvalue weighted by Crippen LogP contribution is 2.31. The Labute approximate surface area is 124 Å². The van der Waals surface area contributed by atoms with E-state index in [1.807, 2.05) is 0 Å². The van der Waals surface area contributed by atoms with Crippen molar-refractivity contribution >= 4 is 0 Å². The normalized spacial score (nSPS) is 14.3. The average molecular weight is 277 g/mol. The molecular formula is C18H31NO. The number of hydrogen-bond donors (Lipinski definition) is 1. The molecule has 0 saturated heterocycles. The van der Waals surface area contributed by atoms with Crippen molar-refractivity contribution in [2.24, 2.45) is 11.3 Å². The Balaban J connectivity index is 2.78. The minimum absolute atomic E-state index is 0.274. The van der Waals surface area contributed by atoms with E-state index in [9.17, 15) is 0 Å². The Morgan fingerprint density at radius 1 is 1.30 bits per heavy atom. The lowest BCUT2D eigenvalue weighted by atomic mass is 9.80. The highest BCUT2D eigenvalue weighted by Gasteiger charge is 2.24. The number of rotatable bonds is 8. The van der Waals surface area contributed by atoms with Crippen LogP contribution in [0.5, 0.6) is 5.75 Å². The fraction of sp³-hybridized carbons (Fsp3) is 0.667. The van der Waals surface area contributed by atoms with Crippen LogP contribution in [0.3, 0.4) is 0 Å². The van der Waals surface area contributed by atoms with Crippen LogP contribution in [0.1, 0.15) is 45.2 Å². The van der Waals surface area contributed by atoms with Gasteiger partial charge in [-0.1, -0.05) is 45.4 Å². The van der Waals surface area contributed by atoms with Gasteiger partial charge in [-0.3, -0.25) is 0 Å². The molecule has 0 bridgehead atoms. The molecule has 0 aliphatic carbocycles. The molecule has 0 aromatic heterocycles. The maximum absolute atomic E-state index is 5.51. The largest absolute Gasteiger partial charge is 0.496 e. The molecule has 1 N–H and O–H groups in total. The molecule has 1 unspecified atom stereocenters. The molecular weight excluding hydrogens is 246 g/mol. The summed E-state index contributed by atoms with van der Waals surface area (Å²) >= 11 is 0. The zero-order valence-corrected chi connectivity index (χ0v) is 14.0. The van der Waals surface area contributed by atoms with E-state index in [0.717, 1.165) is 31.7 Å². The molecule has 0 aliphatic heterocycles. The second-order valence-electron chi connectivity index (χ2n) is 6.68. The second kappa shape index (κ2) is 7.68. The quantitative estimate of drug-likeness (QED) is 0.768. The van der Waals surface area contributed by atoms with E-state index in [1.54, 1.807) is 7.11 Å². The standard InChI is InChI=1S/C18H31NO/c1-7-18(5,13-19-12-14(2)3)11-16-10-15(4)8-9-17(16)20-6/h8-10,14,19H,7,11-13H2,1-6H3. The predicted octanol–water partition coefficient (Wildman–Crippen LogP) is 4.21. The summed E-state index contributed by atoms with van der Waals surface area (Å²) in [5.74, 6) is 1.71. The minimum Gasteiger partial charge on any atom is -0.496 e. The van der Waals surface area contributed by atoms with Gasteiger partial charge in [0.15, 0.2) is 0 Å². The molecule has 2 nitrogen and oxygen atoms in total. The molecule has 114 valence electrons. The van der Waals surface area contributed by atoms with Crippen LogP contribution in [-0.4, -0.2) is 20.2 Å². The van der Waals surface area contributed by atoms with Gasteiger partial charge in [0.25, 0.3) is 0 Å². The molecule has 0 amide bonds. The molecule has 1 aromatic carbocycles. The topological polar surface area (TPSA) is 21.3 Å². The molecule has 1 atom stereocenters. The van der Waals surface area contributed by atoms with Crippen molar-refractivity contribution in [3.63, 3.8) is 0 Å². The fourth-order valence-corrected chi connectivity index (χ4v) is 2.48. The summed E-state index contributed by atoms with van der Waals surface area (Å²) in [7, 11) is 1.76. The van der Waals surface area contributed by atoms with Crippen LogP contribution < -0.4 is 10.1 Å². The Kier molecular flexibility index (Phi) is 6.54. The van der Waals surface area contributed by atoms with Gasteiger partial charge in [0.1, 0.15) is 5.75 Å². The third-order valence-electron chi connectivity index (χ3n) is 4.01. The molecule has 0 spiro atoms. The van der Waals surface area contributed by atoms with Gasteiger partial charge >= 0.3 is 0 Å². The van der Waals surface area contributed by atoms with Crippen LogP contribution >= 0.6 is 0 Å². The second-order valence-corrected chi connectivity index (χ2v) is 6.68. The molecule has 0 fully saturated rings. The van der Waals surface area contributed by atoms with Gasteiger partial charge in [0.05, 0.1) is 7.11 Å². The zero-order chi connectivity index (χ0) is 15.2. The zero-order valence-electron chi connectivity index (χ0n) is 14.0. The van der Waals surface area contributed by atoms with Crippen molar-refractivity contribution in [3.05, 3.63) is 29.3 Å². The van der Waals surface area contributed by atoms with E-state index in [4.69, 9.17) is 4.74 Å². The lowest BCUT2D eigenvalue weighted by Gasteiger charge is -2.30. The van der Waals surface area contributed by atoms with Crippen molar-refractivity contribution in [2.45, 2.75) is 47.5 Å². The Hall–Kier alpha value is -1.02. The average Bonchev–Trinajstić information content (AvgIpc) is 2.38. The first-order chi connectivity index (χ1) is 9.40. The maximum Gasteiger partial charge on any atom is 0.122 e. The van der Waals surface area contributed by atoms with E-state index in [2.05, 4.69) is 58.1 Å². The smallest absolute Gasteiger partial charge is 0.122 e. The molecule has 1 rings (SSSR count). The number of benzene rings is 1. The van der Waals surface area contributed by atoms with Crippen LogP contribution in [0, 0.1) is 18.3 Å². The molecule has 0 saturated carbocycles. The van der Waals surface area contributed by atoms with Gasteiger partial charge in [0.2, 0.25) is 0 Å². The van der Waals surface area contributed by atoms with Gasteiger partial charge in [-0.2, -0.15) is 0 Å². The first-order valence-electron chi connectivity index (χ1n) is 7.74. The van der Waals surface area contributed by atoms with Crippen molar-refractivity contribution in [3.8, 4) is 5.75 Å². The molecule has 20 heavy (non-hydrogen) atoms. The lowest BCUT2D eigenvalue weighted by molar-refractivity contribution is 0.280. The van der Waals surface area contributed by atoms with Crippen LogP contribution in [0.4, 0.5) is 0 Å². The Bertz CT molecular complexity index is 414. The number of hydrogen-bond acceptors (Lipinski definition) is 2. The van der Waals surface area contributed by atoms with Crippen LogP contribution in [0.15, 0.2) is 18.2 Å². The van der Waals surface area contributed by atoms with Crippen molar-refractivity contribution in [1.82, 2.24) is 5.32 Å². The van der Waals surface area contributed by atoms with E-state index in [0.29, 0.717) is 5.92 Å². The molecule has 0 radical (unpaired) electrons. The van der Waals surface area contributed by atoms with Crippen molar-refractivity contribution in [2.75, 3.05) is 20.2 Å². The number of methoxy groups -OCH3 is 1. The summed E-state index contributed by atoms with van der Waals surface area (Å²) in [5.41, 5.74) is 2.90. The van der Waals surface area contributed by atoms with E-state index in [1.165, 1.54) is 11.1 Å². The van der Waals surface area contributed by atoms with Crippen LogP contribution in [0.25, 0.3) is 0 Å². The summed E-state index contributed by atoms with van der Waals surface area (Å²) in [6.45, 7) is 13.4. The van der Waals surface area contributed by atoms with Gasteiger partial charge in [0, 0.05) is 6.54 Å². The third kappa shape index (κ3) is 5.16. The van der Waals surface area contributed by atoms with Crippen molar-refractivity contribution in [1.29, 1.82) is 0 Å². The first kappa shape index (κ1) is 17.0. The summed E-state index contributed by atoms with van der Waals surface area (Å²) in [6, 6.07) is 6.46. The molecule has 1 aromatic rings. The summed E-state index contributed by atoms with van der Waals surface area (Å²) in [4.78, 5) is 0. The molecule has 0 heterocycles. The highest BCUT2D eigenvalue weighted by atomic mass is 16.5.